The number of rotatable bonds is 3. The van der Waals surface area contributed by atoms with E-state index < -0.39 is 0 Å². The second kappa shape index (κ2) is 4.85. The van der Waals surface area contributed by atoms with Crippen molar-refractivity contribution < 1.29 is 4.39 Å². The van der Waals surface area contributed by atoms with Crippen LogP contribution in [0.4, 0.5) is 15.9 Å². The number of hydrogen-bond donors (Lipinski definition) is 2. The van der Waals surface area contributed by atoms with E-state index >= 15 is 0 Å². The molecule has 0 saturated carbocycles. The fourth-order valence-electron chi connectivity index (χ4n) is 2.45. The molecular formula is C14H15FN4. The van der Waals surface area contributed by atoms with Gasteiger partial charge in [0.15, 0.2) is 0 Å². The molecule has 2 heterocycles. The largest absolute Gasteiger partial charge is 0.367 e. The number of hydrazine groups is 1. The Bertz CT molecular complexity index is 600. The first-order valence-corrected chi connectivity index (χ1v) is 6.21. The van der Waals surface area contributed by atoms with Gasteiger partial charge in [0, 0.05) is 25.0 Å². The zero-order chi connectivity index (χ0) is 13.2. The van der Waals surface area contributed by atoms with Gasteiger partial charge >= 0.3 is 0 Å². The highest BCUT2D eigenvalue weighted by Gasteiger charge is 2.19. The van der Waals surface area contributed by atoms with E-state index in [1.54, 1.807) is 12.3 Å². The molecule has 0 fully saturated rings. The van der Waals surface area contributed by atoms with Crippen LogP contribution in [0.1, 0.15) is 11.1 Å². The summed E-state index contributed by atoms with van der Waals surface area (Å²) < 4.78 is 13.3. The summed E-state index contributed by atoms with van der Waals surface area (Å²) in [5.74, 6) is 5.79. The van der Waals surface area contributed by atoms with Crippen molar-refractivity contribution in [1.29, 1.82) is 0 Å². The van der Waals surface area contributed by atoms with Gasteiger partial charge in [-0.05, 0) is 41.8 Å². The van der Waals surface area contributed by atoms with Gasteiger partial charge in [-0.1, -0.05) is 6.07 Å². The van der Waals surface area contributed by atoms with Crippen molar-refractivity contribution in [3.05, 3.63) is 53.5 Å². The third kappa shape index (κ3) is 2.37. The molecule has 1 aliphatic rings. The predicted octanol–water partition coefficient (Wildman–Crippen LogP) is 2.07. The van der Waals surface area contributed by atoms with Gasteiger partial charge in [0.1, 0.15) is 11.6 Å². The summed E-state index contributed by atoms with van der Waals surface area (Å²) in [5.41, 5.74) is 5.81. The molecule has 3 rings (SSSR count). The van der Waals surface area contributed by atoms with Crippen LogP contribution in [0.15, 0.2) is 36.5 Å². The maximum atomic E-state index is 13.3. The number of nitrogen functional groups attached to an aromatic ring is 1. The zero-order valence-corrected chi connectivity index (χ0v) is 10.4. The number of fused-ring (bicyclic) bond motifs is 1. The van der Waals surface area contributed by atoms with Crippen LogP contribution in [0.25, 0.3) is 0 Å². The smallest absolute Gasteiger partial charge is 0.140 e. The maximum absolute atomic E-state index is 13.3. The fourth-order valence-corrected chi connectivity index (χ4v) is 2.45. The molecule has 1 aromatic heterocycles. The minimum Gasteiger partial charge on any atom is -0.367 e. The molecule has 0 aliphatic carbocycles. The van der Waals surface area contributed by atoms with E-state index in [0.717, 1.165) is 30.8 Å². The lowest BCUT2D eigenvalue weighted by molar-refractivity contribution is 0.627. The lowest BCUT2D eigenvalue weighted by atomic mass is 10.1. The highest BCUT2D eigenvalue weighted by molar-refractivity contribution is 5.58. The molecular weight excluding hydrogens is 243 g/mol. The topological polar surface area (TPSA) is 54.2 Å². The molecule has 0 spiro atoms. The second-order valence-corrected chi connectivity index (χ2v) is 4.64. The normalized spacial score (nSPS) is 13.5. The van der Waals surface area contributed by atoms with E-state index in [-0.39, 0.29) is 5.82 Å². The first-order valence-electron chi connectivity index (χ1n) is 6.21. The van der Waals surface area contributed by atoms with Crippen LogP contribution in [0.5, 0.6) is 0 Å². The Labute approximate surface area is 111 Å². The summed E-state index contributed by atoms with van der Waals surface area (Å²) in [6, 6.07) is 8.83. The quantitative estimate of drug-likeness (QED) is 0.653. The summed E-state index contributed by atoms with van der Waals surface area (Å²) in [6.07, 6.45) is 2.68. The molecule has 3 N–H and O–H groups in total. The van der Waals surface area contributed by atoms with Gasteiger partial charge in [-0.25, -0.2) is 15.2 Å². The number of benzene rings is 1. The van der Waals surface area contributed by atoms with Crippen LogP contribution in [-0.4, -0.2) is 11.5 Å². The average Bonchev–Trinajstić information content (AvgIpc) is 2.81. The maximum Gasteiger partial charge on any atom is 0.140 e. The van der Waals surface area contributed by atoms with E-state index in [4.69, 9.17) is 5.84 Å². The van der Waals surface area contributed by atoms with Crippen LogP contribution in [-0.2, 0) is 13.0 Å². The Morgan fingerprint density at radius 2 is 2.21 bits per heavy atom. The van der Waals surface area contributed by atoms with Gasteiger partial charge in [0.05, 0.1) is 0 Å². The van der Waals surface area contributed by atoms with E-state index in [0.29, 0.717) is 5.82 Å². The standard InChI is InChI=1S/C14H15FN4/c15-12-2-1-11-4-6-19(13(11)8-12)9-10-3-5-17-14(7-10)18-16/h1-3,5,7-8H,4,6,9,16H2,(H,17,18). The number of halogens is 1. The van der Waals surface area contributed by atoms with E-state index in [1.165, 1.54) is 11.6 Å². The summed E-state index contributed by atoms with van der Waals surface area (Å²) in [4.78, 5) is 6.25. The number of nitrogens with two attached hydrogens (primary N) is 1. The first kappa shape index (κ1) is 11.9. The molecule has 0 bridgehead atoms. The number of hydrogen-bond acceptors (Lipinski definition) is 4. The van der Waals surface area contributed by atoms with Crippen molar-refractivity contribution in [2.45, 2.75) is 13.0 Å². The molecule has 0 saturated heterocycles. The third-order valence-corrected chi connectivity index (χ3v) is 3.38. The number of nitrogens with one attached hydrogen (secondary N) is 1. The third-order valence-electron chi connectivity index (χ3n) is 3.38. The first-order chi connectivity index (χ1) is 9.26. The van der Waals surface area contributed by atoms with Gasteiger partial charge in [-0.15, -0.1) is 0 Å². The molecule has 4 nitrogen and oxygen atoms in total. The molecule has 0 amide bonds. The van der Waals surface area contributed by atoms with Gasteiger partial charge < -0.3 is 10.3 Å². The van der Waals surface area contributed by atoms with E-state index in [9.17, 15) is 4.39 Å². The number of pyridine rings is 1. The highest BCUT2D eigenvalue weighted by atomic mass is 19.1. The van der Waals surface area contributed by atoms with Crippen molar-refractivity contribution in [3.63, 3.8) is 0 Å². The Kier molecular flexibility index (Phi) is 3.05. The molecule has 1 aliphatic heterocycles. The Balaban J connectivity index is 1.84. The van der Waals surface area contributed by atoms with Crippen LogP contribution in [0, 0.1) is 5.82 Å². The van der Waals surface area contributed by atoms with Crippen LogP contribution < -0.4 is 16.2 Å². The molecule has 98 valence electrons. The minimum atomic E-state index is -0.190. The molecule has 0 radical (unpaired) electrons. The van der Waals surface area contributed by atoms with Gasteiger partial charge in [-0.3, -0.25) is 0 Å². The molecule has 2 aromatic rings. The molecule has 19 heavy (non-hydrogen) atoms. The number of anilines is 2. The van der Waals surface area contributed by atoms with Crippen molar-refractivity contribution in [2.75, 3.05) is 16.9 Å². The van der Waals surface area contributed by atoms with Crippen molar-refractivity contribution in [2.24, 2.45) is 5.84 Å². The lowest BCUT2D eigenvalue weighted by Crippen LogP contribution is -2.20. The van der Waals surface area contributed by atoms with Crippen molar-refractivity contribution in [3.8, 4) is 0 Å². The van der Waals surface area contributed by atoms with Gasteiger partial charge in [0.25, 0.3) is 0 Å². The molecule has 0 atom stereocenters. The second-order valence-electron chi connectivity index (χ2n) is 4.64. The summed E-state index contributed by atoms with van der Waals surface area (Å²) >= 11 is 0. The van der Waals surface area contributed by atoms with Crippen LogP contribution in [0.3, 0.4) is 0 Å². The van der Waals surface area contributed by atoms with Gasteiger partial charge in [0.2, 0.25) is 0 Å². The van der Waals surface area contributed by atoms with E-state index in [1.807, 2.05) is 18.2 Å². The van der Waals surface area contributed by atoms with Crippen molar-refractivity contribution >= 4 is 11.5 Å². The minimum absolute atomic E-state index is 0.190. The Hall–Kier alpha value is -2.14. The fraction of sp³-hybridized carbons (Fsp3) is 0.214. The molecule has 1 aromatic carbocycles. The van der Waals surface area contributed by atoms with Crippen LogP contribution >= 0.6 is 0 Å². The molecule has 0 unspecified atom stereocenters. The monoisotopic (exact) mass is 258 g/mol. The Morgan fingerprint density at radius 3 is 3.05 bits per heavy atom. The summed E-state index contributed by atoms with van der Waals surface area (Å²) in [5, 5.41) is 0. The SMILES string of the molecule is NNc1cc(CN2CCc3ccc(F)cc32)ccn1. The highest BCUT2D eigenvalue weighted by Crippen LogP contribution is 2.30. The summed E-state index contributed by atoms with van der Waals surface area (Å²) in [7, 11) is 0. The van der Waals surface area contributed by atoms with Crippen LogP contribution in [0.2, 0.25) is 0 Å². The zero-order valence-electron chi connectivity index (χ0n) is 10.4. The number of nitrogens with zero attached hydrogens (tertiary/aromatic N) is 2. The Morgan fingerprint density at radius 1 is 1.32 bits per heavy atom. The average molecular weight is 258 g/mol. The van der Waals surface area contributed by atoms with Gasteiger partial charge in [-0.2, -0.15) is 0 Å². The van der Waals surface area contributed by atoms with E-state index in [2.05, 4.69) is 15.3 Å². The lowest BCUT2D eigenvalue weighted by Gasteiger charge is -2.19. The van der Waals surface area contributed by atoms with Crippen molar-refractivity contribution in [1.82, 2.24) is 4.98 Å². The molecule has 5 heteroatoms. The summed E-state index contributed by atoms with van der Waals surface area (Å²) in [6.45, 7) is 1.64. The number of aromatic nitrogens is 1. The predicted molar refractivity (Wildman–Crippen MR) is 73.2 cm³/mol.